The Morgan fingerprint density at radius 1 is 0.966 bits per heavy atom. The van der Waals surface area contributed by atoms with Gasteiger partial charge in [-0.3, -0.25) is 9.69 Å². The molecule has 1 N–H and O–H groups in total. The van der Waals surface area contributed by atoms with Crippen LogP contribution < -0.4 is 4.74 Å². The van der Waals surface area contributed by atoms with E-state index in [9.17, 15) is 9.90 Å². The Labute approximate surface area is 171 Å². The van der Waals surface area contributed by atoms with Gasteiger partial charge in [-0.15, -0.1) is 0 Å². The molecule has 0 unspecified atom stereocenters. The molecule has 1 heterocycles. The molecule has 0 saturated carbocycles. The number of benzene rings is 3. The van der Waals surface area contributed by atoms with E-state index in [1.165, 1.54) is 5.56 Å². The second-order valence-corrected chi connectivity index (χ2v) is 7.36. The van der Waals surface area contributed by atoms with Gasteiger partial charge in [-0.25, -0.2) is 0 Å². The van der Waals surface area contributed by atoms with E-state index in [1.807, 2.05) is 48.2 Å². The van der Waals surface area contributed by atoms with Gasteiger partial charge in [-0.05, 0) is 47.5 Å². The van der Waals surface area contributed by atoms with Crippen molar-refractivity contribution in [2.75, 3.05) is 32.8 Å². The fourth-order valence-electron chi connectivity index (χ4n) is 3.79. The molecule has 0 bridgehead atoms. The van der Waals surface area contributed by atoms with Crippen LogP contribution in [0.25, 0.3) is 10.8 Å². The number of rotatable bonds is 5. The number of amides is 1. The van der Waals surface area contributed by atoms with Crippen LogP contribution in [0.15, 0.2) is 60.7 Å². The van der Waals surface area contributed by atoms with Gasteiger partial charge in [0, 0.05) is 32.7 Å². The van der Waals surface area contributed by atoms with Crippen molar-refractivity contribution in [1.29, 1.82) is 0 Å². The zero-order chi connectivity index (χ0) is 20.2. The van der Waals surface area contributed by atoms with Crippen LogP contribution in [0.2, 0.25) is 0 Å². The number of phenols is 1. The zero-order valence-corrected chi connectivity index (χ0v) is 16.7. The standard InChI is InChI=1S/C24H26N2O3/c1-2-29-21-9-7-18(8-10-21)17-25-11-13-26(14-12-25)24(28)22-15-19-5-3-4-6-20(19)16-23(22)27/h3-10,15-16,27H,2,11-14,17H2,1H3. The molecule has 5 nitrogen and oxygen atoms in total. The van der Waals surface area contributed by atoms with Crippen molar-refractivity contribution in [1.82, 2.24) is 9.80 Å². The number of ether oxygens (including phenoxy) is 1. The number of nitrogens with zero attached hydrogens (tertiary/aromatic N) is 2. The highest BCUT2D eigenvalue weighted by Crippen LogP contribution is 2.26. The summed E-state index contributed by atoms with van der Waals surface area (Å²) < 4.78 is 5.49. The Balaban J connectivity index is 1.38. The molecule has 1 fully saturated rings. The van der Waals surface area contributed by atoms with Crippen molar-refractivity contribution in [2.45, 2.75) is 13.5 Å². The number of fused-ring (bicyclic) bond motifs is 1. The Morgan fingerprint density at radius 3 is 2.28 bits per heavy atom. The van der Waals surface area contributed by atoms with Gasteiger partial charge in [0.15, 0.2) is 0 Å². The fourth-order valence-corrected chi connectivity index (χ4v) is 3.79. The maximum atomic E-state index is 13.0. The van der Waals surface area contributed by atoms with Gasteiger partial charge >= 0.3 is 0 Å². The summed E-state index contributed by atoms with van der Waals surface area (Å²) in [5, 5.41) is 12.2. The lowest BCUT2D eigenvalue weighted by Crippen LogP contribution is -2.48. The summed E-state index contributed by atoms with van der Waals surface area (Å²) in [5.74, 6) is 0.835. The van der Waals surface area contributed by atoms with Gasteiger partial charge < -0.3 is 14.7 Å². The monoisotopic (exact) mass is 390 g/mol. The van der Waals surface area contributed by atoms with E-state index in [0.717, 1.165) is 36.2 Å². The molecule has 4 rings (SSSR count). The number of aromatic hydroxyl groups is 1. The summed E-state index contributed by atoms with van der Waals surface area (Å²) in [7, 11) is 0. The molecule has 0 atom stereocenters. The molecule has 5 heteroatoms. The minimum Gasteiger partial charge on any atom is -0.507 e. The molecule has 150 valence electrons. The summed E-state index contributed by atoms with van der Waals surface area (Å²) >= 11 is 0. The van der Waals surface area contributed by atoms with Crippen molar-refractivity contribution < 1.29 is 14.6 Å². The first-order valence-corrected chi connectivity index (χ1v) is 10.1. The van der Waals surface area contributed by atoms with Crippen LogP contribution >= 0.6 is 0 Å². The zero-order valence-electron chi connectivity index (χ0n) is 16.7. The third-order valence-corrected chi connectivity index (χ3v) is 5.39. The summed E-state index contributed by atoms with van der Waals surface area (Å²) in [6.07, 6.45) is 0. The lowest BCUT2D eigenvalue weighted by atomic mass is 10.0. The number of hydrogen-bond donors (Lipinski definition) is 1. The first-order chi connectivity index (χ1) is 14.1. The Bertz CT molecular complexity index is 993. The molecule has 0 spiro atoms. The minimum absolute atomic E-state index is 0.0468. The Kier molecular flexibility index (Phi) is 5.67. The lowest BCUT2D eigenvalue weighted by Gasteiger charge is -2.35. The van der Waals surface area contributed by atoms with E-state index < -0.39 is 0 Å². The molecular weight excluding hydrogens is 364 g/mol. The van der Waals surface area contributed by atoms with Crippen LogP contribution in [0.5, 0.6) is 11.5 Å². The highest BCUT2D eigenvalue weighted by atomic mass is 16.5. The smallest absolute Gasteiger partial charge is 0.257 e. The maximum Gasteiger partial charge on any atom is 0.257 e. The Morgan fingerprint density at radius 2 is 1.62 bits per heavy atom. The summed E-state index contributed by atoms with van der Waals surface area (Å²) in [5.41, 5.74) is 1.61. The molecule has 0 radical (unpaired) electrons. The number of piperazine rings is 1. The SMILES string of the molecule is CCOc1ccc(CN2CCN(C(=O)c3cc4ccccc4cc3O)CC2)cc1. The van der Waals surface area contributed by atoms with E-state index in [-0.39, 0.29) is 11.7 Å². The summed E-state index contributed by atoms with van der Waals surface area (Å²) in [4.78, 5) is 17.1. The third-order valence-electron chi connectivity index (χ3n) is 5.39. The van der Waals surface area contributed by atoms with E-state index in [2.05, 4.69) is 17.0 Å². The molecule has 0 aromatic heterocycles. The number of carbonyl (C=O) groups is 1. The van der Waals surface area contributed by atoms with Crippen LogP contribution in [0.4, 0.5) is 0 Å². The quantitative estimate of drug-likeness (QED) is 0.718. The second-order valence-electron chi connectivity index (χ2n) is 7.36. The van der Waals surface area contributed by atoms with E-state index in [0.29, 0.717) is 25.3 Å². The van der Waals surface area contributed by atoms with E-state index >= 15 is 0 Å². The van der Waals surface area contributed by atoms with Crippen LogP contribution in [0.3, 0.4) is 0 Å². The topological polar surface area (TPSA) is 53.0 Å². The average Bonchev–Trinajstić information content (AvgIpc) is 2.75. The van der Waals surface area contributed by atoms with Crippen molar-refractivity contribution >= 4 is 16.7 Å². The summed E-state index contributed by atoms with van der Waals surface area (Å²) in [6.45, 7) is 6.44. The maximum absolute atomic E-state index is 13.0. The first kappa shape index (κ1) is 19.3. The molecule has 3 aromatic rings. The predicted molar refractivity (Wildman–Crippen MR) is 114 cm³/mol. The van der Waals surface area contributed by atoms with Gasteiger partial charge in [0.1, 0.15) is 11.5 Å². The van der Waals surface area contributed by atoms with E-state index in [1.54, 1.807) is 12.1 Å². The fraction of sp³-hybridized carbons (Fsp3) is 0.292. The third kappa shape index (κ3) is 4.35. The van der Waals surface area contributed by atoms with Crippen LogP contribution in [0.1, 0.15) is 22.8 Å². The van der Waals surface area contributed by atoms with Gasteiger partial charge in [-0.2, -0.15) is 0 Å². The molecule has 0 aliphatic carbocycles. The van der Waals surface area contributed by atoms with Crippen molar-refractivity contribution in [3.8, 4) is 11.5 Å². The lowest BCUT2D eigenvalue weighted by molar-refractivity contribution is 0.0625. The normalized spacial score (nSPS) is 14.9. The molecule has 1 aliphatic rings. The van der Waals surface area contributed by atoms with Crippen LogP contribution in [0, 0.1) is 0 Å². The number of hydrogen-bond acceptors (Lipinski definition) is 4. The molecule has 3 aromatic carbocycles. The van der Waals surface area contributed by atoms with Crippen molar-refractivity contribution in [3.05, 3.63) is 71.8 Å². The highest BCUT2D eigenvalue weighted by Gasteiger charge is 2.24. The molecule has 1 aliphatic heterocycles. The molecule has 29 heavy (non-hydrogen) atoms. The largest absolute Gasteiger partial charge is 0.507 e. The Hall–Kier alpha value is -3.05. The molecular formula is C24H26N2O3. The van der Waals surface area contributed by atoms with Gasteiger partial charge in [0.25, 0.3) is 5.91 Å². The molecule has 1 saturated heterocycles. The second kappa shape index (κ2) is 8.53. The van der Waals surface area contributed by atoms with E-state index in [4.69, 9.17) is 4.74 Å². The van der Waals surface area contributed by atoms with Gasteiger partial charge in [0.2, 0.25) is 0 Å². The van der Waals surface area contributed by atoms with Gasteiger partial charge in [-0.1, -0.05) is 36.4 Å². The van der Waals surface area contributed by atoms with Crippen LogP contribution in [-0.4, -0.2) is 53.6 Å². The first-order valence-electron chi connectivity index (χ1n) is 10.1. The van der Waals surface area contributed by atoms with Crippen LogP contribution in [-0.2, 0) is 6.54 Å². The molecule has 1 amide bonds. The number of carbonyl (C=O) groups excluding carboxylic acids is 1. The van der Waals surface area contributed by atoms with Crippen molar-refractivity contribution in [3.63, 3.8) is 0 Å². The minimum atomic E-state index is -0.103. The average molecular weight is 390 g/mol. The highest BCUT2D eigenvalue weighted by molar-refractivity contribution is 6.01. The number of phenolic OH excluding ortho intramolecular Hbond substituents is 1. The summed E-state index contributed by atoms with van der Waals surface area (Å²) in [6, 6.07) is 19.4. The predicted octanol–water partition coefficient (Wildman–Crippen LogP) is 3.90. The van der Waals surface area contributed by atoms with Gasteiger partial charge in [0.05, 0.1) is 12.2 Å². The van der Waals surface area contributed by atoms with Crippen molar-refractivity contribution in [2.24, 2.45) is 0 Å².